The first-order chi connectivity index (χ1) is 11.6. The molecule has 0 aliphatic carbocycles. The number of nitrogens with one attached hydrogen (secondary N) is 1. The third kappa shape index (κ3) is 3.09. The predicted molar refractivity (Wildman–Crippen MR) is 90.0 cm³/mol. The summed E-state index contributed by atoms with van der Waals surface area (Å²) in [6.45, 7) is 0.922. The van der Waals surface area contributed by atoms with Gasteiger partial charge in [0, 0.05) is 13.1 Å². The van der Waals surface area contributed by atoms with Crippen molar-refractivity contribution in [2.24, 2.45) is 0 Å². The molecule has 1 heterocycles. The number of amides is 2. The number of urea groups is 1. The van der Waals surface area contributed by atoms with E-state index >= 15 is 0 Å². The van der Waals surface area contributed by atoms with Gasteiger partial charge in [0.05, 0.1) is 17.2 Å². The number of hydrogen-bond donors (Lipinski definition) is 1. The van der Waals surface area contributed by atoms with Crippen molar-refractivity contribution in [1.29, 1.82) is 5.26 Å². The molecule has 3 rings (SSSR count). The average molecular weight is 323 g/mol. The Kier molecular flexibility index (Phi) is 4.48. The topological polar surface area (TPSA) is 56.1 Å². The zero-order chi connectivity index (χ0) is 17.0. The fourth-order valence-corrected chi connectivity index (χ4v) is 3.07. The smallest absolute Gasteiger partial charge is 0.321 e. The minimum atomic E-state index is -0.559. The van der Waals surface area contributed by atoms with Crippen molar-refractivity contribution in [2.75, 3.05) is 18.4 Å². The maximum atomic E-state index is 13.6. The number of carbonyl (C=O) groups is 1. The van der Waals surface area contributed by atoms with Crippen LogP contribution >= 0.6 is 0 Å². The molecule has 2 aromatic rings. The summed E-state index contributed by atoms with van der Waals surface area (Å²) in [5.41, 5.74) is 0.597. The van der Waals surface area contributed by atoms with Gasteiger partial charge in [-0.05, 0) is 30.5 Å². The molecule has 1 N–H and O–H groups in total. The van der Waals surface area contributed by atoms with Gasteiger partial charge in [-0.1, -0.05) is 42.5 Å². The van der Waals surface area contributed by atoms with E-state index in [1.165, 1.54) is 12.1 Å². The number of nitriles is 1. The number of piperidine rings is 1. The lowest BCUT2D eigenvalue weighted by Crippen LogP contribution is -2.46. The number of hydrogen-bond acceptors (Lipinski definition) is 2. The van der Waals surface area contributed by atoms with Crippen LogP contribution in [0, 0.1) is 17.1 Å². The van der Waals surface area contributed by atoms with Crippen molar-refractivity contribution in [2.45, 2.75) is 18.3 Å². The maximum Gasteiger partial charge on any atom is 0.321 e. The Labute approximate surface area is 140 Å². The van der Waals surface area contributed by atoms with Crippen LogP contribution in [0.2, 0.25) is 0 Å². The molecular formula is C19H18FN3O. The van der Waals surface area contributed by atoms with Crippen LogP contribution in [0.5, 0.6) is 0 Å². The lowest BCUT2D eigenvalue weighted by molar-refractivity contribution is 0.183. The summed E-state index contributed by atoms with van der Waals surface area (Å²) in [4.78, 5) is 14.0. The number of carbonyl (C=O) groups excluding carboxylic acids is 1. The Morgan fingerprint density at radius 3 is 2.33 bits per heavy atom. The number of anilines is 1. The summed E-state index contributed by atoms with van der Waals surface area (Å²) in [7, 11) is 0. The second-order valence-electron chi connectivity index (χ2n) is 5.96. The van der Waals surface area contributed by atoms with Crippen LogP contribution < -0.4 is 5.32 Å². The SMILES string of the molecule is N#CC1(c2ccccc2)CCN(C(=O)Nc2ccccc2F)CC1. The van der Waals surface area contributed by atoms with Crippen molar-refractivity contribution in [1.82, 2.24) is 4.90 Å². The normalized spacial score (nSPS) is 16.2. The lowest BCUT2D eigenvalue weighted by Gasteiger charge is -2.37. The second kappa shape index (κ2) is 6.71. The van der Waals surface area contributed by atoms with E-state index in [4.69, 9.17) is 0 Å². The van der Waals surface area contributed by atoms with E-state index in [2.05, 4.69) is 11.4 Å². The van der Waals surface area contributed by atoms with Crippen LogP contribution in [0.3, 0.4) is 0 Å². The summed E-state index contributed by atoms with van der Waals surface area (Å²) < 4.78 is 13.6. The van der Waals surface area contributed by atoms with E-state index in [0.29, 0.717) is 25.9 Å². The van der Waals surface area contributed by atoms with Crippen LogP contribution in [0.15, 0.2) is 54.6 Å². The van der Waals surface area contributed by atoms with Gasteiger partial charge in [0.25, 0.3) is 0 Å². The average Bonchev–Trinajstić information content (AvgIpc) is 2.64. The van der Waals surface area contributed by atoms with E-state index in [9.17, 15) is 14.4 Å². The van der Waals surface area contributed by atoms with Gasteiger partial charge in [0.2, 0.25) is 0 Å². The second-order valence-corrected chi connectivity index (χ2v) is 5.96. The van der Waals surface area contributed by atoms with Gasteiger partial charge in [-0.25, -0.2) is 9.18 Å². The molecule has 0 aromatic heterocycles. The molecule has 4 nitrogen and oxygen atoms in total. The van der Waals surface area contributed by atoms with Crippen LogP contribution in [0.25, 0.3) is 0 Å². The van der Waals surface area contributed by atoms with E-state index in [1.54, 1.807) is 17.0 Å². The molecule has 0 bridgehead atoms. The number of benzene rings is 2. The van der Waals surface area contributed by atoms with Crippen molar-refractivity contribution in [3.8, 4) is 6.07 Å². The first-order valence-corrected chi connectivity index (χ1v) is 7.92. The lowest BCUT2D eigenvalue weighted by atomic mass is 9.74. The highest BCUT2D eigenvalue weighted by molar-refractivity contribution is 5.89. The van der Waals surface area contributed by atoms with E-state index < -0.39 is 11.2 Å². The van der Waals surface area contributed by atoms with Gasteiger partial charge >= 0.3 is 6.03 Å². The van der Waals surface area contributed by atoms with Gasteiger partial charge in [0.15, 0.2) is 0 Å². The number of nitrogens with zero attached hydrogens (tertiary/aromatic N) is 2. The standard InChI is InChI=1S/C19H18FN3O/c20-16-8-4-5-9-17(16)22-18(24)23-12-10-19(14-21,11-13-23)15-6-2-1-3-7-15/h1-9H,10-13H2,(H,22,24). The Morgan fingerprint density at radius 2 is 1.71 bits per heavy atom. The first-order valence-electron chi connectivity index (χ1n) is 7.92. The quantitative estimate of drug-likeness (QED) is 0.911. The number of likely N-dealkylation sites (tertiary alicyclic amines) is 1. The van der Waals surface area contributed by atoms with Gasteiger partial charge in [-0.3, -0.25) is 0 Å². The number of para-hydroxylation sites is 1. The van der Waals surface area contributed by atoms with Crippen molar-refractivity contribution < 1.29 is 9.18 Å². The molecule has 24 heavy (non-hydrogen) atoms. The maximum absolute atomic E-state index is 13.6. The number of rotatable bonds is 2. The predicted octanol–water partition coefficient (Wildman–Crippen LogP) is 3.91. The first kappa shape index (κ1) is 16.0. The Hall–Kier alpha value is -2.87. The fraction of sp³-hybridized carbons (Fsp3) is 0.263. The fourth-order valence-electron chi connectivity index (χ4n) is 3.07. The molecule has 0 radical (unpaired) electrons. The molecule has 5 heteroatoms. The molecule has 1 saturated heterocycles. The summed E-state index contributed by atoms with van der Waals surface area (Å²) in [6, 6.07) is 17.9. The Balaban J connectivity index is 1.67. The molecule has 0 spiro atoms. The van der Waals surface area contributed by atoms with Crippen LogP contribution in [-0.2, 0) is 5.41 Å². The van der Waals surface area contributed by atoms with E-state index in [-0.39, 0.29) is 11.7 Å². The summed E-state index contributed by atoms with van der Waals surface area (Å²) >= 11 is 0. The van der Waals surface area contributed by atoms with Crippen LogP contribution in [-0.4, -0.2) is 24.0 Å². The molecule has 2 amide bonds. The minimum absolute atomic E-state index is 0.169. The third-order valence-electron chi connectivity index (χ3n) is 4.56. The van der Waals surface area contributed by atoms with Gasteiger partial charge in [-0.15, -0.1) is 0 Å². The molecule has 0 saturated carbocycles. The van der Waals surface area contributed by atoms with Gasteiger partial charge in [-0.2, -0.15) is 5.26 Å². The third-order valence-corrected chi connectivity index (χ3v) is 4.56. The molecule has 2 aromatic carbocycles. The van der Waals surface area contributed by atoms with E-state index in [1.807, 2.05) is 30.3 Å². The zero-order valence-electron chi connectivity index (χ0n) is 13.2. The van der Waals surface area contributed by atoms with Crippen LogP contribution in [0.4, 0.5) is 14.9 Å². The molecule has 1 aliphatic heterocycles. The van der Waals surface area contributed by atoms with Crippen LogP contribution in [0.1, 0.15) is 18.4 Å². The summed E-state index contributed by atoms with van der Waals surface area (Å²) in [5, 5.41) is 12.3. The highest BCUT2D eigenvalue weighted by Gasteiger charge is 2.37. The highest BCUT2D eigenvalue weighted by atomic mass is 19.1. The molecule has 1 aliphatic rings. The summed E-state index contributed by atoms with van der Waals surface area (Å²) in [5.74, 6) is -0.460. The number of halogens is 1. The summed E-state index contributed by atoms with van der Waals surface area (Å²) in [6.07, 6.45) is 1.14. The largest absolute Gasteiger partial charge is 0.324 e. The van der Waals surface area contributed by atoms with Crippen molar-refractivity contribution >= 4 is 11.7 Å². The van der Waals surface area contributed by atoms with E-state index in [0.717, 1.165) is 5.56 Å². The Morgan fingerprint density at radius 1 is 1.08 bits per heavy atom. The Bertz CT molecular complexity index is 762. The van der Waals surface area contributed by atoms with Crippen molar-refractivity contribution in [3.63, 3.8) is 0 Å². The molecule has 122 valence electrons. The zero-order valence-corrected chi connectivity index (χ0v) is 13.2. The van der Waals surface area contributed by atoms with Gasteiger partial charge < -0.3 is 10.2 Å². The molecule has 1 fully saturated rings. The van der Waals surface area contributed by atoms with Gasteiger partial charge in [0.1, 0.15) is 5.82 Å². The monoisotopic (exact) mass is 323 g/mol. The molecule has 0 unspecified atom stereocenters. The molecular weight excluding hydrogens is 305 g/mol. The minimum Gasteiger partial charge on any atom is -0.324 e. The van der Waals surface area contributed by atoms with Crippen molar-refractivity contribution in [3.05, 3.63) is 66.0 Å². The highest BCUT2D eigenvalue weighted by Crippen LogP contribution is 2.35. The molecule has 0 atom stereocenters.